The van der Waals surface area contributed by atoms with E-state index in [9.17, 15) is 4.79 Å². The predicted molar refractivity (Wildman–Crippen MR) is 79.4 cm³/mol. The Balaban J connectivity index is 1.87. The average molecular weight is 271 g/mol. The first-order valence-corrected chi connectivity index (χ1v) is 7.02. The Labute approximate surface area is 120 Å². The number of likely N-dealkylation sites (tertiary alicyclic amines) is 1. The van der Waals surface area contributed by atoms with E-state index in [2.05, 4.69) is 25.0 Å². The van der Waals surface area contributed by atoms with Gasteiger partial charge in [-0.1, -0.05) is 12.1 Å². The minimum atomic E-state index is 0.0888. The van der Waals surface area contributed by atoms with Crippen molar-refractivity contribution in [2.75, 3.05) is 13.7 Å². The van der Waals surface area contributed by atoms with Crippen LogP contribution < -0.4 is 4.74 Å². The summed E-state index contributed by atoms with van der Waals surface area (Å²) in [5.41, 5.74) is 1.26. The quantitative estimate of drug-likeness (QED) is 0.770. The van der Waals surface area contributed by atoms with Crippen molar-refractivity contribution in [2.45, 2.75) is 32.2 Å². The average Bonchev–Trinajstić information content (AvgIpc) is 2.86. The molecule has 1 saturated heterocycles. The highest BCUT2D eigenvalue weighted by Crippen LogP contribution is 2.22. The fourth-order valence-corrected chi connectivity index (χ4v) is 2.59. The minimum Gasteiger partial charge on any atom is -0.497 e. The monoisotopic (exact) mass is 271 g/mol. The maximum Gasteiger partial charge on any atom is 0.224 e. The highest BCUT2D eigenvalue weighted by atomic mass is 16.5. The van der Waals surface area contributed by atoms with Gasteiger partial charge in [-0.3, -0.25) is 4.79 Å². The molecule has 1 heterocycles. The molecular formula is C17H21NO2. The summed E-state index contributed by atoms with van der Waals surface area (Å²) in [6.45, 7) is 2.80. The number of hydrogen-bond donors (Lipinski definition) is 0. The van der Waals surface area contributed by atoms with Crippen molar-refractivity contribution in [3.8, 4) is 18.1 Å². The largest absolute Gasteiger partial charge is 0.497 e. The van der Waals surface area contributed by atoms with E-state index in [1.807, 2.05) is 17.0 Å². The van der Waals surface area contributed by atoms with Gasteiger partial charge in [0.25, 0.3) is 0 Å². The predicted octanol–water partition coefficient (Wildman–Crippen LogP) is 2.50. The summed E-state index contributed by atoms with van der Waals surface area (Å²) in [7, 11) is 1.66. The summed E-state index contributed by atoms with van der Waals surface area (Å²) in [4.78, 5) is 13.8. The fourth-order valence-electron chi connectivity index (χ4n) is 2.59. The number of carbonyl (C=O) groups excluding carboxylic acids is 1. The van der Waals surface area contributed by atoms with E-state index in [1.54, 1.807) is 7.11 Å². The van der Waals surface area contributed by atoms with E-state index in [1.165, 1.54) is 5.56 Å². The van der Waals surface area contributed by atoms with Crippen LogP contribution in [0.4, 0.5) is 0 Å². The fraction of sp³-hybridized carbons (Fsp3) is 0.471. The van der Waals surface area contributed by atoms with Gasteiger partial charge in [0.1, 0.15) is 5.75 Å². The van der Waals surface area contributed by atoms with Crippen LogP contribution in [0.3, 0.4) is 0 Å². The molecule has 0 N–H and O–H groups in total. The molecule has 3 nitrogen and oxygen atoms in total. The first-order chi connectivity index (χ1) is 9.63. The number of nitrogens with zero attached hydrogens (tertiary/aromatic N) is 1. The normalized spacial score (nSPS) is 19.8. The molecule has 1 amide bonds. The van der Waals surface area contributed by atoms with E-state index in [4.69, 9.17) is 11.2 Å². The molecule has 3 heteroatoms. The zero-order valence-electron chi connectivity index (χ0n) is 12.1. The molecule has 0 saturated carbocycles. The molecule has 20 heavy (non-hydrogen) atoms. The van der Waals surface area contributed by atoms with E-state index in [-0.39, 0.29) is 17.9 Å². The van der Waals surface area contributed by atoms with Gasteiger partial charge in [-0.25, -0.2) is 0 Å². The van der Waals surface area contributed by atoms with Crippen molar-refractivity contribution in [1.29, 1.82) is 0 Å². The molecule has 1 aliphatic heterocycles. The second-order valence-corrected chi connectivity index (χ2v) is 5.35. The van der Waals surface area contributed by atoms with Gasteiger partial charge in [0.2, 0.25) is 5.91 Å². The van der Waals surface area contributed by atoms with Crippen LogP contribution in [0.25, 0.3) is 0 Å². The number of terminal acetylenes is 1. The Morgan fingerprint density at radius 3 is 2.70 bits per heavy atom. The standard InChI is InChI=1S/C17H21NO2/c1-4-14-11-17(19)18(12-14)13(2)5-6-15-7-9-16(20-3)10-8-15/h1,7-10,13-14H,5-6,11-12H2,2-3H3. The lowest BCUT2D eigenvalue weighted by Crippen LogP contribution is -2.34. The third-order valence-corrected chi connectivity index (χ3v) is 3.94. The lowest BCUT2D eigenvalue weighted by Gasteiger charge is -2.24. The SMILES string of the molecule is C#CC1CC(=O)N(C(C)CCc2ccc(OC)cc2)C1. The van der Waals surface area contributed by atoms with E-state index in [0.717, 1.165) is 18.6 Å². The highest BCUT2D eigenvalue weighted by Gasteiger charge is 2.31. The number of carbonyl (C=O) groups is 1. The Bertz CT molecular complexity index is 501. The summed E-state index contributed by atoms with van der Waals surface area (Å²) >= 11 is 0. The summed E-state index contributed by atoms with van der Waals surface area (Å²) in [6.07, 6.45) is 7.82. The van der Waals surface area contributed by atoms with Crippen LogP contribution in [0, 0.1) is 18.3 Å². The van der Waals surface area contributed by atoms with Crippen LogP contribution in [-0.2, 0) is 11.2 Å². The van der Waals surface area contributed by atoms with Gasteiger partial charge in [-0.2, -0.15) is 0 Å². The van der Waals surface area contributed by atoms with Gasteiger partial charge in [0.15, 0.2) is 0 Å². The Kier molecular flexibility index (Phi) is 4.68. The lowest BCUT2D eigenvalue weighted by molar-refractivity contribution is -0.129. The van der Waals surface area contributed by atoms with Gasteiger partial charge < -0.3 is 9.64 Å². The maximum absolute atomic E-state index is 11.9. The molecule has 1 fully saturated rings. The second kappa shape index (κ2) is 6.47. The Morgan fingerprint density at radius 2 is 2.15 bits per heavy atom. The van der Waals surface area contributed by atoms with Gasteiger partial charge in [-0.15, -0.1) is 12.3 Å². The number of methoxy groups -OCH3 is 1. The van der Waals surface area contributed by atoms with Gasteiger partial charge in [0.05, 0.1) is 7.11 Å². The van der Waals surface area contributed by atoms with Gasteiger partial charge in [-0.05, 0) is 37.5 Å². The minimum absolute atomic E-state index is 0.0888. The summed E-state index contributed by atoms with van der Waals surface area (Å²) in [5, 5.41) is 0. The molecule has 0 radical (unpaired) electrons. The van der Waals surface area contributed by atoms with Crippen molar-refractivity contribution in [1.82, 2.24) is 4.90 Å². The maximum atomic E-state index is 11.9. The second-order valence-electron chi connectivity index (χ2n) is 5.35. The summed E-state index contributed by atoms with van der Waals surface area (Å²) < 4.78 is 5.14. The van der Waals surface area contributed by atoms with Gasteiger partial charge in [0, 0.05) is 24.9 Å². The third kappa shape index (κ3) is 3.33. The first kappa shape index (κ1) is 14.5. The molecule has 106 valence electrons. The molecular weight excluding hydrogens is 250 g/mol. The number of hydrogen-bond acceptors (Lipinski definition) is 2. The van der Waals surface area contributed by atoms with Crippen LogP contribution in [0.2, 0.25) is 0 Å². The molecule has 1 aromatic carbocycles. The van der Waals surface area contributed by atoms with E-state index >= 15 is 0 Å². The van der Waals surface area contributed by atoms with Crippen LogP contribution in [0.15, 0.2) is 24.3 Å². The lowest BCUT2D eigenvalue weighted by atomic mass is 10.1. The zero-order chi connectivity index (χ0) is 14.5. The highest BCUT2D eigenvalue weighted by molar-refractivity contribution is 5.79. The molecule has 0 aliphatic carbocycles. The third-order valence-electron chi connectivity index (χ3n) is 3.94. The van der Waals surface area contributed by atoms with E-state index < -0.39 is 0 Å². The molecule has 2 unspecified atom stereocenters. The summed E-state index contributed by atoms with van der Waals surface area (Å²) in [6, 6.07) is 8.32. The molecule has 1 aliphatic rings. The van der Waals surface area contributed by atoms with Crippen molar-refractivity contribution >= 4 is 5.91 Å². The number of amides is 1. The van der Waals surface area contributed by atoms with E-state index in [0.29, 0.717) is 13.0 Å². The molecule has 0 bridgehead atoms. The topological polar surface area (TPSA) is 29.5 Å². The number of rotatable bonds is 5. The number of benzene rings is 1. The Hall–Kier alpha value is -1.95. The Morgan fingerprint density at radius 1 is 1.45 bits per heavy atom. The van der Waals surface area contributed by atoms with Crippen molar-refractivity contribution < 1.29 is 9.53 Å². The van der Waals surface area contributed by atoms with Gasteiger partial charge >= 0.3 is 0 Å². The smallest absolute Gasteiger partial charge is 0.224 e. The van der Waals surface area contributed by atoms with Crippen LogP contribution in [-0.4, -0.2) is 30.5 Å². The van der Waals surface area contributed by atoms with Crippen LogP contribution in [0.1, 0.15) is 25.3 Å². The first-order valence-electron chi connectivity index (χ1n) is 7.02. The van der Waals surface area contributed by atoms with Crippen molar-refractivity contribution in [3.05, 3.63) is 29.8 Å². The van der Waals surface area contributed by atoms with Crippen LogP contribution >= 0.6 is 0 Å². The zero-order valence-corrected chi connectivity index (χ0v) is 12.1. The molecule has 0 aromatic heterocycles. The molecule has 1 aromatic rings. The summed E-state index contributed by atoms with van der Waals surface area (Å²) in [5.74, 6) is 3.84. The van der Waals surface area contributed by atoms with Crippen LogP contribution in [0.5, 0.6) is 5.75 Å². The number of aryl methyl sites for hydroxylation is 1. The van der Waals surface area contributed by atoms with Crippen molar-refractivity contribution in [2.24, 2.45) is 5.92 Å². The molecule has 2 atom stereocenters. The van der Waals surface area contributed by atoms with Crippen molar-refractivity contribution in [3.63, 3.8) is 0 Å². The number of ether oxygens (including phenoxy) is 1. The molecule has 0 spiro atoms. The molecule has 2 rings (SSSR count).